The fourth-order valence-corrected chi connectivity index (χ4v) is 2.58. The van der Waals surface area contributed by atoms with Gasteiger partial charge in [-0.05, 0) is 62.3 Å². The maximum Gasteiger partial charge on any atom is 0.410 e. The predicted octanol–water partition coefficient (Wildman–Crippen LogP) is 3.04. The lowest BCUT2D eigenvalue weighted by molar-refractivity contribution is -0.0293. The van der Waals surface area contributed by atoms with E-state index in [9.17, 15) is 14.7 Å². The summed E-state index contributed by atoms with van der Waals surface area (Å²) in [6.45, 7) is 17.9. The Bertz CT molecular complexity index is 586. The summed E-state index contributed by atoms with van der Waals surface area (Å²) in [7, 11) is 0. The van der Waals surface area contributed by atoms with Crippen LogP contribution in [0.2, 0.25) is 0 Å². The van der Waals surface area contributed by atoms with Crippen molar-refractivity contribution in [2.75, 3.05) is 39.4 Å². The van der Waals surface area contributed by atoms with E-state index < -0.39 is 29.5 Å². The number of hydrogen-bond donors (Lipinski definition) is 1. The van der Waals surface area contributed by atoms with E-state index in [-0.39, 0.29) is 31.3 Å². The molecule has 2 unspecified atom stereocenters. The minimum atomic E-state index is -0.992. The van der Waals surface area contributed by atoms with Gasteiger partial charge >= 0.3 is 12.2 Å². The van der Waals surface area contributed by atoms with Crippen LogP contribution < -0.4 is 0 Å². The van der Waals surface area contributed by atoms with Gasteiger partial charge in [-0.15, -0.1) is 0 Å². The summed E-state index contributed by atoms with van der Waals surface area (Å²) in [6.07, 6.45) is -2.12. The van der Waals surface area contributed by atoms with Gasteiger partial charge in [0.2, 0.25) is 0 Å². The van der Waals surface area contributed by atoms with Crippen molar-refractivity contribution >= 4 is 12.2 Å². The van der Waals surface area contributed by atoms with Crippen LogP contribution in [0.15, 0.2) is 0 Å². The summed E-state index contributed by atoms with van der Waals surface area (Å²) in [6, 6.07) is 0. The van der Waals surface area contributed by atoms with Crippen molar-refractivity contribution in [3.05, 3.63) is 0 Å². The highest BCUT2D eigenvalue weighted by Crippen LogP contribution is 2.16. The third-order valence-corrected chi connectivity index (χ3v) is 3.89. The highest BCUT2D eigenvalue weighted by atomic mass is 16.6. The first-order chi connectivity index (χ1) is 14.0. The Morgan fingerprint density at radius 2 is 1.35 bits per heavy atom. The maximum atomic E-state index is 12.7. The first-order valence-electron chi connectivity index (χ1n) is 10.8. The number of amides is 2. The average Bonchev–Trinajstić information content (AvgIpc) is 3.32. The smallest absolute Gasteiger partial charge is 0.410 e. The summed E-state index contributed by atoms with van der Waals surface area (Å²) in [5.41, 5.74) is -1.68. The molecule has 9 nitrogen and oxygen atoms in total. The van der Waals surface area contributed by atoms with Crippen LogP contribution in [0.3, 0.4) is 0 Å². The van der Waals surface area contributed by atoms with Crippen molar-refractivity contribution in [1.29, 1.82) is 0 Å². The molecule has 0 saturated carbocycles. The van der Waals surface area contributed by atoms with Crippen molar-refractivity contribution in [3.63, 3.8) is 0 Å². The van der Waals surface area contributed by atoms with Crippen molar-refractivity contribution < 1.29 is 33.6 Å². The molecule has 0 bridgehead atoms. The molecule has 0 radical (unpaired) electrons. The number of carbonyl (C=O) groups excluding carboxylic acids is 2. The highest BCUT2D eigenvalue weighted by molar-refractivity contribution is 5.69. The van der Waals surface area contributed by atoms with Gasteiger partial charge in [0, 0.05) is 6.54 Å². The van der Waals surface area contributed by atoms with Crippen LogP contribution in [0.25, 0.3) is 0 Å². The van der Waals surface area contributed by atoms with Crippen molar-refractivity contribution in [2.24, 2.45) is 0 Å². The molecule has 0 aromatic heterocycles. The van der Waals surface area contributed by atoms with E-state index >= 15 is 0 Å². The molecule has 1 aliphatic rings. The molecule has 1 fully saturated rings. The summed E-state index contributed by atoms with van der Waals surface area (Å²) in [4.78, 5) is 28.0. The summed E-state index contributed by atoms with van der Waals surface area (Å²) >= 11 is 0. The Kier molecular flexibility index (Phi) is 9.59. The molecule has 2 amide bonds. The van der Waals surface area contributed by atoms with Gasteiger partial charge in [-0.25, -0.2) is 9.59 Å². The zero-order valence-corrected chi connectivity index (χ0v) is 20.7. The molecule has 2 atom stereocenters. The Labute approximate surface area is 186 Å². The second-order valence-corrected chi connectivity index (χ2v) is 10.9. The molecular formula is C22H42N2O7. The van der Waals surface area contributed by atoms with Gasteiger partial charge in [-0.2, -0.15) is 0 Å². The number of aliphatic hydroxyl groups is 1. The minimum absolute atomic E-state index is 0.00671. The molecule has 0 aliphatic carbocycles. The van der Waals surface area contributed by atoms with Crippen molar-refractivity contribution in [1.82, 2.24) is 9.80 Å². The fourth-order valence-electron chi connectivity index (χ4n) is 2.58. The molecule has 1 heterocycles. The Balaban J connectivity index is 2.78. The number of rotatable bonds is 9. The number of carbonyl (C=O) groups is 2. The second-order valence-electron chi connectivity index (χ2n) is 10.9. The van der Waals surface area contributed by atoms with E-state index in [1.807, 2.05) is 20.8 Å². The van der Waals surface area contributed by atoms with E-state index in [2.05, 4.69) is 0 Å². The number of epoxide rings is 1. The topological polar surface area (TPSA) is 101 Å². The average molecular weight is 447 g/mol. The van der Waals surface area contributed by atoms with Gasteiger partial charge < -0.3 is 33.9 Å². The summed E-state index contributed by atoms with van der Waals surface area (Å²) in [5.74, 6) is 0. The first kappa shape index (κ1) is 27.5. The van der Waals surface area contributed by atoms with Gasteiger partial charge in [-0.3, -0.25) is 0 Å². The van der Waals surface area contributed by atoms with Gasteiger partial charge in [0.1, 0.15) is 11.2 Å². The Hall–Kier alpha value is -1.58. The number of hydrogen-bond acceptors (Lipinski definition) is 7. The lowest BCUT2D eigenvalue weighted by atomic mass is 10.2. The van der Waals surface area contributed by atoms with Gasteiger partial charge in [-0.1, -0.05) is 0 Å². The van der Waals surface area contributed by atoms with Crippen LogP contribution in [-0.2, 0) is 18.9 Å². The van der Waals surface area contributed by atoms with Crippen molar-refractivity contribution in [2.45, 2.75) is 91.3 Å². The van der Waals surface area contributed by atoms with Crippen LogP contribution >= 0.6 is 0 Å². The summed E-state index contributed by atoms with van der Waals surface area (Å²) < 4.78 is 21.9. The largest absolute Gasteiger partial charge is 0.444 e. The SMILES string of the molecule is CC(C)(C)OCCN(CC(O)CN(CC1CO1)C(=O)OC(C)(C)C)C(=O)OC(C)(C)C. The van der Waals surface area contributed by atoms with E-state index in [1.54, 1.807) is 41.5 Å². The molecule has 9 heteroatoms. The molecule has 31 heavy (non-hydrogen) atoms. The van der Waals surface area contributed by atoms with Crippen LogP contribution in [0.5, 0.6) is 0 Å². The quantitative estimate of drug-likeness (QED) is 0.543. The standard InChI is InChI=1S/C22H42N2O7/c1-20(2,3)29-11-10-23(18(26)30-21(4,5)6)12-16(25)13-24(14-17-15-28-17)19(27)31-22(7,8)9/h16-17,25H,10-15H2,1-9H3. The number of ether oxygens (including phenoxy) is 4. The van der Waals surface area contributed by atoms with Gasteiger partial charge in [0.05, 0.1) is 50.7 Å². The molecule has 0 spiro atoms. The Morgan fingerprint density at radius 1 is 0.903 bits per heavy atom. The minimum Gasteiger partial charge on any atom is -0.444 e. The Morgan fingerprint density at radius 3 is 1.77 bits per heavy atom. The van der Waals surface area contributed by atoms with Crippen LogP contribution in [0.1, 0.15) is 62.3 Å². The first-order valence-corrected chi connectivity index (χ1v) is 10.8. The molecule has 1 rings (SSSR count). The zero-order chi connectivity index (χ0) is 24.0. The predicted molar refractivity (Wildman–Crippen MR) is 117 cm³/mol. The molecule has 1 aliphatic heterocycles. The van der Waals surface area contributed by atoms with E-state index in [4.69, 9.17) is 18.9 Å². The molecular weight excluding hydrogens is 404 g/mol. The maximum absolute atomic E-state index is 12.7. The molecule has 0 aromatic carbocycles. The normalized spacial score (nSPS) is 17.7. The number of nitrogens with zero attached hydrogens (tertiary/aromatic N) is 2. The third kappa shape index (κ3) is 13.4. The third-order valence-electron chi connectivity index (χ3n) is 3.89. The van der Waals surface area contributed by atoms with Crippen LogP contribution in [-0.4, -0.2) is 95.5 Å². The molecule has 182 valence electrons. The lowest BCUT2D eigenvalue weighted by Crippen LogP contribution is -2.48. The van der Waals surface area contributed by atoms with E-state index in [0.717, 1.165) is 0 Å². The second kappa shape index (κ2) is 10.8. The van der Waals surface area contributed by atoms with Gasteiger partial charge in [0.15, 0.2) is 0 Å². The summed E-state index contributed by atoms with van der Waals surface area (Å²) in [5, 5.41) is 10.7. The van der Waals surface area contributed by atoms with Gasteiger partial charge in [0.25, 0.3) is 0 Å². The van der Waals surface area contributed by atoms with Crippen LogP contribution in [0.4, 0.5) is 9.59 Å². The monoisotopic (exact) mass is 446 g/mol. The zero-order valence-electron chi connectivity index (χ0n) is 20.7. The van der Waals surface area contributed by atoms with E-state index in [1.165, 1.54) is 9.80 Å². The highest BCUT2D eigenvalue weighted by Gasteiger charge is 2.33. The molecule has 1 saturated heterocycles. The molecule has 1 N–H and O–H groups in total. The fraction of sp³-hybridized carbons (Fsp3) is 0.909. The lowest BCUT2D eigenvalue weighted by Gasteiger charge is -2.32. The van der Waals surface area contributed by atoms with Crippen LogP contribution in [0, 0.1) is 0 Å². The number of aliphatic hydroxyl groups excluding tert-OH is 1. The van der Waals surface area contributed by atoms with Crippen molar-refractivity contribution in [3.8, 4) is 0 Å². The van der Waals surface area contributed by atoms with E-state index in [0.29, 0.717) is 19.8 Å². The molecule has 0 aromatic rings.